The molecular weight excluding hydrogens is 449 g/mol. The first-order valence-electron chi connectivity index (χ1n) is 6.75. The predicted molar refractivity (Wildman–Crippen MR) is 96.5 cm³/mol. The number of thiophene rings is 1. The average Bonchev–Trinajstić information content (AvgIpc) is 3.20. The van der Waals surface area contributed by atoms with Gasteiger partial charge in [-0.2, -0.15) is 0 Å². The zero-order valence-electron chi connectivity index (χ0n) is 11.1. The molecule has 0 saturated heterocycles. The standard InChI is InChI=1S/C14H15BrIN3S/c1-2-6-17-13-10(16)11(8-3-4-8)18-14(19-13)12-9(15)5-7-20-12/h5,7-8H,2-4,6H2,1H3,(H,17,18,19). The van der Waals surface area contributed by atoms with E-state index >= 15 is 0 Å². The number of nitrogens with zero attached hydrogens (tertiary/aromatic N) is 2. The number of nitrogens with one attached hydrogen (secondary N) is 1. The Balaban J connectivity index is 2.06. The smallest absolute Gasteiger partial charge is 0.173 e. The minimum absolute atomic E-state index is 0.629. The second kappa shape index (κ2) is 6.27. The van der Waals surface area contributed by atoms with Crippen LogP contribution in [0.4, 0.5) is 5.82 Å². The fraction of sp³-hybridized carbons (Fsp3) is 0.429. The maximum Gasteiger partial charge on any atom is 0.173 e. The van der Waals surface area contributed by atoms with Gasteiger partial charge in [0.1, 0.15) is 5.82 Å². The lowest BCUT2D eigenvalue weighted by atomic mass is 10.2. The van der Waals surface area contributed by atoms with E-state index in [1.54, 1.807) is 11.3 Å². The second-order valence-electron chi connectivity index (χ2n) is 4.89. The van der Waals surface area contributed by atoms with Gasteiger partial charge in [-0.05, 0) is 69.2 Å². The number of hydrogen-bond donors (Lipinski definition) is 1. The van der Waals surface area contributed by atoms with Crippen LogP contribution in [0.3, 0.4) is 0 Å². The van der Waals surface area contributed by atoms with Gasteiger partial charge >= 0.3 is 0 Å². The van der Waals surface area contributed by atoms with E-state index < -0.39 is 0 Å². The van der Waals surface area contributed by atoms with E-state index in [4.69, 9.17) is 9.97 Å². The van der Waals surface area contributed by atoms with Gasteiger partial charge in [0.05, 0.1) is 14.1 Å². The van der Waals surface area contributed by atoms with Gasteiger partial charge in [0.25, 0.3) is 0 Å². The molecule has 0 aliphatic heterocycles. The molecule has 0 amide bonds. The molecule has 2 heterocycles. The molecule has 6 heteroatoms. The van der Waals surface area contributed by atoms with Crippen molar-refractivity contribution in [2.75, 3.05) is 11.9 Å². The molecule has 0 radical (unpaired) electrons. The van der Waals surface area contributed by atoms with Crippen LogP contribution in [0.15, 0.2) is 15.9 Å². The lowest BCUT2D eigenvalue weighted by molar-refractivity contribution is 0.940. The monoisotopic (exact) mass is 463 g/mol. The highest BCUT2D eigenvalue weighted by molar-refractivity contribution is 14.1. The SMILES string of the molecule is CCCNc1nc(-c2sccc2Br)nc(C2CC2)c1I. The highest BCUT2D eigenvalue weighted by Gasteiger charge is 2.29. The van der Waals surface area contributed by atoms with E-state index in [1.807, 2.05) is 0 Å². The third kappa shape index (κ3) is 3.01. The molecule has 2 aromatic rings. The van der Waals surface area contributed by atoms with Crippen molar-refractivity contribution in [1.82, 2.24) is 9.97 Å². The van der Waals surface area contributed by atoms with Crippen LogP contribution in [0.5, 0.6) is 0 Å². The molecule has 1 aliphatic rings. The van der Waals surface area contributed by atoms with Gasteiger partial charge in [-0.1, -0.05) is 6.92 Å². The van der Waals surface area contributed by atoms with Gasteiger partial charge in [-0.15, -0.1) is 11.3 Å². The summed E-state index contributed by atoms with van der Waals surface area (Å²) in [6.45, 7) is 3.11. The van der Waals surface area contributed by atoms with Gasteiger partial charge in [-0.3, -0.25) is 0 Å². The van der Waals surface area contributed by atoms with Gasteiger partial charge < -0.3 is 5.32 Å². The first kappa shape index (κ1) is 14.7. The average molecular weight is 464 g/mol. The second-order valence-corrected chi connectivity index (χ2v) is 7.74. The molecule has 0 bridgehead atoms. The third-order valence-electron chi connectivity index (χ3n) is 3.20. The largest absolute Gasteiger partial charge is 0.369 e. The molecule has 1 saturated carbocycles. The fourth-order valence-corrected chi connectivity index (χ4v) is 4.36. The van der Waals surface area contributed by atoms with Crippen molar-refractivity contribution in [3.8, 4) is 10.7 Å². The summed E-state index contributed by atoms with van der Waals surface area (Å²) in [7, 11) is 0. The van der Waals surface area contributed by atoms with Crippen molar-refractivity contribution in [3.63, 3.8) is 0 Å². The number of hydrogen-bond acceptors (Lipinski definition) is 4. The summed E-state index contributed by atoms with van der Waals surface area (Å²) in [4.78, 5) is 10.7. The maximum absolute atomic E-state index is 4.83. The fourth-order valence-electron chi connectivity index (χ4n) is 2.01. The van der Waals surface area contributed by atoms with Crippen molar-refractivity contribution in [3.05, 3.63) is 25.2 Å². The number of anilines is 1. The quantitative estimate of drug-likeness (QED) is 0.613. The summed E-state index contributed by atoms with van der Waals surface area (Å²) in [5.41, 5.74) is 1.22. The van der Waals surface area contributed by atoms with E-state index in [0.29, 0.717) is 5.92 Å². The molecule has 20 heavy (non-hydrogen) atoms. The van der Waals surface area contributed by atoms with Crippen molar-refractivity contribution < 1.29 is 0 Å². The Bertz CT molecular complexity index is 625. The van der Waals surface area contributed by atoms with Crippen molar-refractivity contribution in [1.29, 1.82) is 0 Å². The first-order valence-corrected chi connectivity index (χ1v) is 9.50. The molecule has 0 unspecified atom stereocenters. The Morgan fingerprint density at radius 3 is 2.85 bits per heavy atom. The molecule has 0 aromatic carbocycles. The Kier molecular flexibility index (Phi) is 4.62. The number of aromatic nitrogens is 2. The van der Waals surface area contributed by atoms with Crippen LogP contribution in [0.25, 0.3) is 10.7 Å². The van der Waals surface area contributed by atoms with Crippen LogP contribution in [0.2, 0.25) is 0 Å². The molecule has 0 spiro atoms. The number of halogens is 2. The van der Waals surface area contributed by atoms with Crippen LogP contribution in [-0.4, -0.2) is 16.5 Å². The van der Waals surface area contributed by atoms with Crippen LogP contribution in [-0.2, 0) is 0 Å². The number of rotatable bonds is 5. The third-order valence-corrected chi connectivity index (χ3v) is 6.10. The summed E-state index contributed by atoms with van der Waals surface area (Å²) in [5, 5.41) is 5.50. The highest BCUT2D eigenvalue weighted by atomic mass is 127. The molecule has 3 nitrogen and oxygen atoms in total. The Hall–Kier alpha value is -0.210. The molecule has 106 valence electrons. The predicted octanol–water partition coefficient (Wildman–Crippen LogP) is 5.27. The minimum Gasteiger partial charge on any atom is -0.369 e. The summed E-state index contributed by atoms with van der Waals surface area (Å²) < 4.78 is 2.27. The van der Waals surface area contributed by atoms with E-state index in [-0.39, 0.29) is 0 Å². The Labute approximate surface area is 144 Å². The minimum atomic E-state index is 0.629. The normalized spacial score (nSPS) is 14.6. The van der Waals surface area contributed by atoms with Crippen molar-refractivity contribution >= 4 is 55.7 Å². The molecule has 1 N–H and O–H groups in total. The van der Waals surface area contributed by atoms with Crippen molar-refractivity contribution in [2.24, 2.45) is 0 Å². The summed E-state index contributed by atoms with van der Waals surface area (Å²) in [6.07, 6.45) is 3.60. The van der Waals surface area contributed by atoms with Gasteiger partial charge in [0.2, 0.25) is 0 Å². The van der Waals surface area contributed by atoms with Gasteiger partial charge in [0.15, 0.2) is 5.82 Å². The lowest BCUT2D eigenvalue weighted by Gasteiger charge is -2.12. The topological polar surface area (TPSA) is 37.8 Å². The van der Waals surface area contributed by atoms with E-state index in [2.05, 4.69) is 62.2 Å². The summed E-state index contributed by atoms with van der Waals surface area (Å²) >= 11 is 7.65. The zero-order valence-corrected chi connectivity index (χ0v) is 15.7. The molecule has 0 atom stereocenters. The zero-order chi connectivity index (χ0) is 14.1. The van der Waals surface area contributed by atoms with Gasteiger partial charge in [-0.25, -0.2) is 9.97 Å². The molecule has 1 fully saturated rings. The van der Waals surface area contributed by atoms with Gasteiger partial charge in [0, 0.05) is 16.9 Å². The van der Waals surface area contributed by atoms with Crippen LogP contribution in [0.1, 0.15) is 37.8 Å². The molecular formula is C14H15BrIN3S. The van der Waals surface area contributed by atoms with E-state index in [9.17, 15) is 0 Å². The molecule has 3 rings (SSSR count). The lowest BCUT2D eigenvalue weighted by Crippen LogP contribution is -2.08. The van der Waals surface area contributed by atoms with E-state index in [0.717, 1.165) is 34.0 Å². The molecule has 1 aliphatic carbocycles. The van der Waals surface area contributed by atoms with Crippen LogP contribution in [0, 0.1) is 3.57 Å². The molecule has 2 aromatic heterocycles. The van der Waals surface area contributed by atoms with E-state index in [1.165, 1.54) is 22.1 Å². The Morgan fingerprint density at radius 1 is 1.45 bits per heavy atom. The Morgan fingerprint density at radius 2 is 2.25 bits per heavy atom. The van der Waals surface area contributed by atoms with Crippen LogP contribution >= 0.6 is 49.9 Å². The maximum atomic E-state index is 4.83. The van der Waals surface area contributed by atoms with Crippen molar-refractivity contribution in [2.45, 2.75) is 32.1 Å². The summed E-state index contributed by atoms with van der Waals surface area (Å²) in [6, 6.07) is 2.05. The summed E-state index contributed by atoms with van der Waals surface area (Å²) in [5.74, 6) is 2.46. The van der Waals surface area contributed by atoms with Crippen LogP contribution < -0.4 is 5.32 Å². The first-order chi connectivity index (χ1) is 9.70. The highest BCUT2D eigenvalue weighted by Crippen LogP contribution is 2.43.